The van der Waals surface area contributed by atoms with E-state index in [1.165, 1.54) is 0 Å². The summed E-state index contributed by atoms with van der Waals surface area (Å²) in [7, 11) is 0. The van der Waals surface area contributed by atoms with E-state index in [1.54, 1.807) is 0 Å². The number of hydrogen-bond acceptors (Lipinski definition) is 4. The Kier molecular flexibility index (Phi) is 3.01. The topological polar surface area (TPSA) is 53.9 Å². The van der Waals surface area contributed by atoms with E-state index >= 15 is 0 Å². The van der Waals surface area contributed by atoms with E-state index in [0.29, 0.717) is 18.2 Å². The lowest BCUT2D eigenvalue weighted by atomic mass is 9.89. The van der Waals surface area contributed by atoms with Crippen molar-refractivity contribution in [1.29, 1.82) is 0 Å². The molecule has 0 aromatic carbocycles. The van der Waals surface area contributed by atoms with Crippen LogP contribution in [0.4, 0.5) is 0 Å². The summed E-state index contributed by atoms with van der Waals surface area (Å²) in [5.41, 5.74) is 0.374. The molecular weight excluding hydrogens is 230 g/mol. The molecule has 3 heterocycles. The summed E-state index contributed by atoms with van der Waals surface area (Å²) in [5, 5.41) is 7.41. The molecule has 3 aliphatic heterocycles. The van der Waals surface area contributed by atoms with Gasteiger partial charge in [-0.2, -0.15) is 0 Å². The standard InChI is InChI=1S/C13H21N3O2/c1-10-4-2-7-16(10)12(17)11-8-13(18-15-11)5-3-6-14-9-13/h10,14H,2-9H2,1H3/t10-,13+/m1/s1. The van der Waals surface area contributed by atoms with Crippen molar-refractivity contribution in [3.63, 3.8) is 0 Å². The molecule has 1 N–H and O–H groups in total. The van der Waals surface area contributed by atoms with Crippen LogP contribution in [0.2, 0.25) is 0 Å². The van der Waals surface area contributed by atoms with Crippen LogP contribution in [-0.4, -0.2) is 47.8 Å². The van der Waals surface area contributed by atoms with Crippen LogP contribution in [0.5, 0.6) is 0 Å². The SMILES string of the molecule is C[C@@H]1CCCN1C(=O)C1=NO[C@@]2(CCCNC2)C1. The molecule has 2 atom stereocenters. The fourth-order valence-electron chi connectivity index (χ4n) is 3.21. The lowest BCUT2D eigenvalue weighted by molar-refractivity contribution is -0.124. The Morgan fingerprint density at radius 1 is 1.56 bits per heavy atom. The third kappa shape index (κ3) is 2.00. The van der Waals surface area contributed by atoms with Gasteiger partial charge in [-0.25, -0.2) is 0 Å². The number of oxime groups is 1. The number of rotatable bonds is 1. The highest BCUT2D eigenvalue weighted by Crippen LogP contribution is 2.31. The van der Waals surface area contributed by atoms with E-state index in [0.717, 1.165) is 45.3 Å². The van der Waals surface area contributed by atoms with Crippen molar-refractivity contribution < 1.29 is 9.63 Å². The molecular formula is C13H21N3O2. The zero-order chi connectivity index (χ0) is 12.6. The Morgan fingerprint density at radius 2 is 2.44 bits per heavy atom. The van der Waals surface area contributed by atoms with Gasteiger partial charge in [0.05, 0.1) is 0 Å². The summed E-state index contributed by atoms with van der Waals surface area (Å²) in [4.78, 5) is 19.9. The first-order valence-electron chi connectivity index (χ1n) is 6.97. The first kappa shape index (κ1) is 12.0. The van der Waals surface area contributed by atoms with Crippen molar-refractivity contribution in [2.45, 2.75) is 50.7 Å². The summed E-state index contributed by atoms with van der Waals surface area (Å²) in [6.07, 6.45) is 4.97. The molecule has 0 saturated carbocycles. The van der Waals surface area contributed by atoms with Gasteiger partial charge in [0.2, 0.25) is 0 Å². The predicted molar refractivity (Wildman–Crippen MR) is 68.4 cm³/mol. The Bertz CT molecular complexity index is 374. The maximum Gasteiger partial charge on any atom is 0.272 e. The molecule has 0 aromatic rings. The van der Waals surface area contributed by atoms with E-state index in [-0.39, 0.29) is 11.5 Å². The Morgan fingerprint density at radius 3 is 3.11 bits per heavy atom. The summed E-state index contributed by atoms with van der Waals surface area (Å²) < 4.78 is 0. The van der Waals surface area contributed by atoms with Gasteiger partial charge in [0.25, 0.3) is 5.91 Å². The molecule has 2 fully saturated rings. The molecule has 0 radical (unpaired) electrons. The van der Waals surface area contributed by atoms with Crippen LogP contribution < -0.4 is 5.32 Å². The van der Waals surface area contributed by atoms with Gasteiger partial charge in [-0.1, -0.05) is 5.16 Å². The van der Waals surface area contributed by atoms with E-state index < -0.39 is 0 Å². The van der Waals surface area contributed by atoms with Crippen molar-refractivity contribution in [2.24, 2.45) is 5.16 Å². The number of amides is 1. The highest BCUT2D eigenvalue weighted by Gasteiger charge is 2.43. The molecule has 0 aromatic heterocycles. The van der Waals surface area contributed by atoms with Gasteiger partial charge in [0.1, 0.15) is 5.71 Å². The van der Waals surface area contributed by atoms with E-state index in [1.807, 2.05) is 4.90 Å². The molecule has 1 spiro atoms. The van der Waals surface area contributed by atoms with Crippen molar-refractivity contribution >= 4 is 11.6 Å². The smallest absolute Gasteiger partial charge is 0.272 e. The number of nitrogens with one attached hydrogen (secondary N) is 1. The summed E-state index contributed by atoms with van der Waals surface area (Å²) >= 11 is 0. The minimum absolute atomic E-state index is 0.0856. The maximum absolute atomic E-state index is 12.4. The summed E-state index contributed by atoms with van der Waals surface area (Å²) in [6, 6.07) is 0.348. The quantitative estimate of drug-likeness (QED) is 0.753. The Hall–Kier alpha value is -1.10. The number of likely N-dealkylation sites (tertiary alicyclic amines) is 1. The number of piperidine rings is 1. The van der Waals surface area contributed by atoms with Crippen molar-refractivity contribution in [2.75, 3.05) is 19.6 Å². The van der Waals surface area contributed by atoms with Gasteiger partial charge in [-0.3, -0.25) is 4.79 Å². The molecule has 0 aliphatic carbocycles. The number of carbonyl (C=O) groups excluding carboxylic acids is 1. The minimum atomic E-state index is -0.244. The fraction of sp³-hybridized carbons (Fsp3) is 0.846. The lowest BCUT2D eigenvalue weighted by Crippen LogP contribution is -2.47. The predicted octanol–water partition coefficient (Wildman–Crippen LogP) is 0.896. The van der Waals surface area contributed by atoms with Crippen LogP contribution in [-0.2, 0) is 9.63 Å². The van der Waals surface area contributed by atoms with Gasteiger partial charge in [0, 0.05) is 25.6 Å². The van der Waals surface area contributed by atoms with Gasteiger partial charge < -0.3 is 15.1 Å². The molecule has 3 rings (SSSR count). The molecule has 2 saturated heterocycles. The zero-order valence-corrected chi connectivity index (χ0v) is 10.9. The molecule has 1 amide bonds. The maximum atomic E-state index is 12.4. The highest BCUT2D eigenvalue weighted by atomic mass is 16.7. The van der Waals surface area contributed by atoms with Crippen LogP contribution in [0.25, 0.3) is 0 Å². The fourth-order valence-corrected chi connectivity index (χ4v) is 3.21. The highest BCUT2D eigenvalue weighted by molar-refractivity contribution is 6.39. The van der Waals surface area contributed by atoms with Crippen molar-refractivity contribution in [3.8, 4) is 0 Å². The molecule has 100 valence electrons. The molecule has 0 unspecified atom stereocenters. The second kappa shape index (κ2) is 4.53. The van der Waals surface area contributed by atoms with E-state index in [9.17, 15) is 4.79 Å². The average Bonchev–Trinajstić information content (AvgIpc) is 2.97. The monoisotopic (exact) mass is 251 g/mol. The van der Waals surface area contributed by atoms with Gasteiger partial charge >= 0.3 is 0 Å². The second-order valence-electron chi connectivity index (χ2n) is 5.76. The minimum Gasteiger partial charge on any atom is -0.387 e. The number of hydrogen-bond donors (Lipinski definition) is 1. The summed E-state index contributed by atoms with van der Waals surface area (Å²) in [6.45, 7) is 4.82. The van der Waals surface area contributed by atoms with Crippen molar-refractivity contribution in [1.82, 2.24) is 10.2 Å². The molecule has 5 heteroatoms. The zero-order valence-electron chi connectivity index (χ0n) is 10.9. The van der Waals surface area contributed by atoms with Gasteiger partial charge in [-0.15, -0.1) is 0 Å². The number of nitrogens with zero attached hydrogens (tertiary/aromatic N) is 2. The molecule has 18 heavy (non-hydrogen) atoms. The number of carbonyl (C=O) groups is 1. The normalized spacial score (nSPS) is 35.7. The van der Waals surface area contributed by atoms with Crippen LogP contribution in [0.15, 0.2) is 5.16 Å². The third-order valence-corrected chi connectivity index (χ3v) is 4.33. The average molecular weight is 251 g/mol. The summed E-state index contributed by atoms with van der Waals surface area (Å²) in [5.74, 6) is 0.0856. The first-order chi connectivity index (χ1) is 8.70. The van der Waals surface area contributed by atoms with E-state index in [2.05, 4.69) is 17.4 Å². The van der Waals surface area contributed by atoms with Crippen LogP contribution >= 0.6 is 0 Å². The van der Waals surface area contributed by atoms with Crippen LogP contribution in [0.3, 0.4) is 0 Å². The van der Waals surface area contributed by atoms with Crippen LogP contribution in [0, 0.1) is 0 Å². The van der Waals surface area contributed by atoms with E-state index in [4.69, 9.17) is 4.84 Å². The van der Waals surface area contributed by atoms with Gasteiger partial charge in [-0.05, 0) is 39.2 Å². The Balaban J connectivity index is 1.66. The Labute approximate surface area is 108 Å². The van der Waals surface area contributed by atoms with Crippen molar-refractivity contribution in [3.05, 3.63) is 0 Å². The van der Waals surface area contributed by atoms with Crippen LogP contribution in [0.1, 0.15) is 39.0 Å². The first-order valence-corrected chi connectivity index (χ1v) is 6.97. The lowest BCUT2D eigenvalue weighted by Gasteiger charge is -2.31. The van der Waals surface area contributed by atoms with Gasteiger partial charge in [0.15, 0.2) is 5.60 Å². The molecule has 5 nitrogen and oxygen atoms in total. The second-order valence-corrected chi connectivity index (χ2v) is 5.76. The largest absolute Gasteiger partial charge is 0.387 e. The molecule has 0 bridgehead atoms. The molecule has 3 aliphatic rings. The third-order valence-electron chi connectivity index (χ3n) is 4.33.